The van der Waals surface area contributed by atoms with E-state index < -0.39 is 0 Å². The van der Waals surface area contributed by atoms with Crippen LogP contribution >= 0.6 is 0 Å². The summed E-state index contributed by atoms with van der Waals surface area (Å²) in [6, 6.07) is 6.61. The lowest BCUT2D eigenvalue weighted by Crippen LogP contribution is -2.44. The van der Waals surface area contributed by atoms with Gasteiger partial charge in [-0.25, -0.2) is 0 Å². The SMILES string of the molecule is CCCCN(CCC)C(=O)CN1CC(c2ccc3c(c2)OCO3)CC1CCN1CCCC1O. The Morgan fingerprint density at radius 3 is 2.76 bits per heavy atom. The zero-order valence-electron chi connectivity index (χ0n) is 20.4. The van der Waals surface area contributed by atoms with Gasteiger partial charge in [0.15, 0.2) is 11.5 Å². The van der Waals surface area contributed by atoms with E-state index in [1.54, 1.807) is 0 Å². The molecule has 3 atom stereocenters. The lowest BCUT2D eigenvalue weighted by molar-refractivity contribution is -0.132. The van der Waals surface area contributed by atoms with Gasteiger partial charge in [-0.3, -0.25) is 14.6 Å². The summed E-state index contributed by atoms with van der Waals surface area (Å²) >= 11 is 0. The molecule has 3 unspecified atom stereocenters. The number of carbonyl (C=O) groups is 1. The van der Waals surface area contributed by atoms with Crippen LogP contribution in [0.4, 0.5) is 0 Å². The molecule has 3 aliphatic rings. The summed E-state index contributed by atoms with van der Waals surface area (Å²) in [6.07, 6.45) is 6.79. The molecule has 2 saturated heterocycles. The summed E-state index contributed by atoms with van der Waals surface area (Å²) < 4.78 is 11.1. The van der Waals surface area contributed by atoms with Gasteiger partial charge in [0.25, 0.3) is 0 Å². The molecule has 1 N–H and O–H groups in total. The van der Waals surface area contributed by atoms with Crippen molar-refractivity contribution < 1.29 is 19.4 Å². The number of hydrogen-bond donors (Lipinski definition) is 1. The van der Waals surface area contributed by atoms with Gasteiger partial charge in [-0.2, -0.15) is 0 Å². The third-order valence-electron chi connectivity index (χ3n) is 7.44. The van der Waals surface area contributed by atoms with E-state index in [-0.39, 0.29) is 18.9 Å². The van der Waals surface area contributed by atoms with E-state index in [1.165, 1.54) is 5.56 Å². The first-order chi connectivity index (χ1) is 16.1. The standard InChI is InChI=1S/C26H41N3O4/c1-3-5-12-27(11-4-2)26(31)18-29-17-21(20-8-9-23-24(16-20)33-19-32-23)15-22(29)10-14-28-13-6-7-25(28)30/h8-9,16,21-22,25,30H,3-7,10-15,17-19H2,1-2H3. The van der Waals surface area contributed by atoms with Crippen LogP contribution in [0.15, 0.2) is 18.2 Å². The predicted molar refractivity (Wildman–Crippen MR) is 128 cm³/mol. The van der Waals surface area contributed by atoms with Gasteiger partial charge in [0.1, 0.15) is 6.23 Å². The molecule has 0 spiro atoms. The summed E-state index contributed by atoms with van der Waals surface area (Å²) in [4.78, 5) is 19.9. The lowest BCUT2D eigenvalue weighted by Gasteiger charge is -2.30. The third-order valence-corrected chi connectivity index (χ3v) is 7.44. The Morgan fingerprint density at radius 2 is 2.00 bits per heavy atom. The van der Waals surface area contributed by atoms with Gasteiger partial charge in [0.05, 0.1) is 6.54 Å². The second-order valence-electron chi connectivity index (χ2n) is 9.81. The van der Waals surface area contributed by atoms with Crippen molar-refractivity contribution in [3.63, 3.8) is 0 Å². The van der Waals surface area contributed by atoms with Crippen LogP contribution in [-0.4, -0.2) is 84.0 Å². The molecule has 2 fully saturated rings. The Hall–Kier alpha value is -1.83. The quantitative estimate of drug-likeness (QED) is 0.547. The lowest BCUT2D eigenvalue weighted by atomic mass is 9.95. The summed E-state index contributed by atoms with van der Waals surface area (Å²) in [7, 11) is 0. The van der Waals surface area contributed by atoms with Crippen molar-refractivity contribution in [2.24, 2.45) is 0 Å². The maximum absolute atomic E-state index is 13.2. The van der Waals surface area contributed by atoms with Crippen molar-refractivity contribution in [2.45, 2.75) is 77.0 Å². The number of hydrogen-bond acceptors (Lipinski definition) is 6. The summed E-state index contributed by atoms with van der Waals surface area (Å²) in [5.41, 5.74) is 1.26. The molecule has 0 aromatic heterocycles. The predicted octanol–water partition coefficient (Wildman–Crippen LogP) is 3.42. The van der Waals surface area contributed by atoms with E-state index >= 15 is 0 Å². The van der Waals surface area contributed by atoms with Gasteiger partial charge >= 0.3 is 0 Å². The topological polar surface area (TPSA) is 65.5 Å². The van der Waals surface area contributed by atoms with Crippen LogP contribution in [0, 0.1) is 0 Å². The number of rotatable bonds is 11. The van der Waals surface area contributed by atoms with Crippen molar-refractivity contribution in [1.82, 2.24) is 14.7 Å². The van der Waals surface area contributed by atoms with Crippen molar-refractivity contribution in [2.75, 3.05) is 46.1 Å². The average molecular weight is 460 g/mol. The van der Waals surface area contributed by atoms with E-state index in [9.17, 15) is 9.90 Å². The maximum atomic E-state index is 13.2. The number of aliphatic hydroxyl groups is 1. The van der Waals surface area contributed by atoms with Gasteiger partial charge < -0.3 is 19.5 Å². The first-order valence-corrected chi connectivity index (χ1v) is 12.9. The molecule has 0 saturated carbocycles. The highest BCUT2D eigenvalue weighted by Gasteiger charge is 2.36. The molecule has 33 heavy (non-hydrogen) atoms. The monoisotopic (exact) mass is 459 g/mol. The van der Waals surface area contributed by atoms with Crippen LogP contribution in [0.2, 0.25) is 0 Å². The van der Waals surface area contributed by atoms with E-state index in [0.717, 1.165) is 89.2 Å². The summed E-state index contributed by atoms with van der Waals surface area (Å²) in [5, 5.41) is 10.2. The number of likely N-dealkylation sites (tertiary alicyclic amines) is 2. The zero-order chi connectivity index (χ0) is 23.2. The highest BCUT2D eigenvalue weighted by molar-refractivity contribution is 5.78. The smallest absolute Gasteiger partial charge is 0.236 e. The van der Waals surface area contributed by atoms with Crippen LogP contribution in [0.3, 0.4) is 0 Å². The molecule has 7 heteroatoms. The van der Waals surface area contributed by atoms with Crippen molar-refractivity contribution in [3.05, 3.63) is 23.8 Å². The first-order valence-electron chi connectivity index (χ1n) is 12.9. The highest BCUT2D eigenvalue weighted by atomic mass is 16.7. The minimum absolute atomic E-state index is 0.253. The number of nitrogens with zero attached hydrogens (tertiary/aromatic N) is 3. The number of carbonyl (C=O) groups excluding carboxylic acids is 1. The largest absolute Gasteiger partial charge is 0.454 e. The molecule has 0 radical (unpaired) electrons. The van der Waals surface area contributed by atoms with Gasteiger partial charge in [-0.15, -0.1) is 0 Å². The van der Waals surface area contributed by atoms with Crippen LogP contribution in [0.1, 0.15) is 70.3 Å². The van der Waals surface area contributed by atoms with Gasteiger partial charge in [-0.1, -0.05) is 26.3 Å². The minimum atomic E-state index is -0.305. The van der Waals surface area contributed by atoms with E-state index in [2.05, 4.69) is 40.7 Å². The molecule has 7 nitrogen and oxygen atoms in total. The number of aliphatic hydroxyl groups excluding tert-OH is 1. The number of fused-ring (bicyclic) bond motifs is 1. The van der Waals surface area contributed by atoms with Crippen molar-refractivity contribution in [3.8, 4) is 11.5 Å². The van der Waals surface area contributed by atoms with Gasteiger partial charge in [-0.05, 0) is 62.1 Å². The molecule has 3 aliphatic heterocycles. The number of unbranched alkanes of at least 4 members (excludes halogenated alkanes) is 1. The molecule has 1 amide bonds. The van der Waals surface area contributed by atoms with E-state index in [0.29, 0.717) is 18.5 Å². The molecule has 0 aliphatic carbocycles. The minimum Gasteiger partial charge on any atom is -0.454 e. The Kier molecular flexibility index (Phi) is 8.50. The highest BCUT2D eigenvalue weighted by Crippen LogP contribution is 2.39. The second-order valence-corrected chi connectivity index (χ2v) is 9.81. The Balaban J connectivity index is 1.44. The second kappa shape index (κ2) is 11.5. The number of ether oxygens (including phenoxy) is 2. The van der Waals surface area contributed by atoms with Crippen molar-refractivity contribution in [1.29, 1.82) is 0 Å². The van der Waals surface area contributed by atoms with Crippen LogP contribution in [0.5, 0.6) is 11.5 Å². The van der Waals surface area contributed by atoms with E-state index in [4.69, 9.17) is 9.47 Å². The third kappa shape index (κ3) is 6.00. The average Bonchev–Trinajstić information content (AvgIpc) is 3.54. The Bertz CT molecular complexity index is 789. The van der Waals surface area contributed by atoms with Crippen molar-refractivity contribution >= 4 is 5.91 Å². The van der Waals surface area contributed by atoms with E-state index in [1.807, 2.05) is 6.07 Å². The van der Waals surface area contributed by atoms with Gasteiger partial charge in [0, 0.05) is 38.8 Å². The molecule has 184 valence electrons. The number of benzene rings is 1. The molecule has 4 rings (SSSR count). The van der Waals surface area contributed by atoms with Gasteiger partial charge in [0.2, 0.25) is 12.7 Å². The maximum Gasteiger partial charge on any atom is 0.236 e. The first kappa shape index (κ1) is 24.3. The number of amides is 1. The summed E-state index contributed by atoms with van der Waals surface area (Å²) in [5.74, 6) is 2.26. The normalized spacial score (nSPS) is 25.1. The molecule has 0 bridgehead atoms. The molecular weight excluding hydrogens is 418 g/mol. The zero-order valence-corrected chi connectivity index (χ0v) is 20.4. The van der Waals surface area contributed by atoms with Crippen LogP contribution in [0.25, 0.3) is 0 Å². The van der Waals surface area contributed by atoms with Crippen LogP contribution in [-0.2, 0) is 4.79 Å². The molecule has 3 heterocycles. The summed E-state index contributed by atoms with van der Waals surface area (Å²) in [6.45, 7) is 9.52. The fourth-order valence-electron chi connectivity index (χ4n) is 5.52. The molecular formula is C26H41N3O4. The fraction of sp³-hybridized carbons (Fsp3) is 0.731. The van der Waals surface area contributed by atoms with Crippen LogP contribution < -0.4 is 9.47 Å². The fourth-order valence-corrected chi connectivity index (χ4v) is 5.52. The molecule has 1 aromatic rings. The Labute approximate surface area is 198 Å². The molecule has 1 aromatic carbocycles. The Morgan fingerprint density at radius 1 is 1.15 bits per heavy atom.